The Labute approximate surface area is 173 Å². The van der Waals surface area contributed by atoms with Gasteiger partial charge < -0.3 is 14.3 Å². The Morgan fingerprint density at radius 3 is 2.62 bits per heavy atom. The van der Waals surface area contributed by atoms with Gasteiger partial charge in [0.1, 0.15) is 0 Å². The molecule has 2 aromatic carbocycles. The Morgan fingerprint density at radius 2 is 1.86 bits per heavy atom. The molecule has 1 N–H and O–H groups in total. The van der Waals surface area contributed by atoms with Crippen LogP contribution in [0.25, 0.3) is 17.1 Å². The lowest BCUT2D eigenvalue weighted by atomic mass is 10.1. The van der Waals surface area contributed by atoms with E-state index in [1.165, 1.54) is 0 Å². The van der Waals surface area contributed by atoms with Crippen molar-refractivity contribution >= 4 is 23.2 Å². The first-order valence-corrected chi connectivity index (χ1v) is 9.58. The number of benzene rings is 2. The van der Waals surface area contributed by atoms with Crippen molar-refractivity contribution in [2.24, 2.45) is 0 Å². The van der Waals surface area contributed by atoms with E-state index >= 15 is 0 Å². The molecule has 4 aromatic rings. The lowest BCUT2D eigenvalue weighted by Crippen LogP contribution is -2.14. The molecule has 146 valence electrons. The molecule has 0 spiro atoms. The zero-order valence-corrected chi connectivity index (χ0v) is 16.6. The first-order valence-electron chi connectivity index (χ1n) is 9.21. The molecule has 4 rings (SSSR count). The van der Waals surface area contributed by atoms with Crippen molar-refractivity contribution in [2.75, 3.05) is 5.32 Å². The first-order chi connectivity index (χ1) is 14.1. The normalized spacial score (nSPS) is 10.8. The summed E-state index contributed by atoms with van der Waals surface area (Å²) in [6.45, 7) is 2.02. The molecular weight excluding hydrogens is 388 g/mol. The van der Waals surface area contributed by atoms with Crippen LogP contribution in [0.2, 0.25) is 5.02 Å². The van der Waals surface area contributed by atoms with E-state index in [1.807, 2.05) is 66.3 Å². The molecule has 0 aliphatic carbocycles. The van der Waals surface area contributed by atoms with Gasteiger partial charge in [-0.2, -0.15) is 0 Å². The van der Waals surface area contributed by atoms with Crippen molar-refractivity contribution in [1.29, 1.82) is 0 Å². The summed E-state index contributed by atoms with van der Waals surface area (Å²) >= 11 is 6.12. The molecule has 2 heterocycles. The Kier molecular flexibility index (Phi) is 5.44. The Balaban J connectivity index is 1.41. The van der Waals surface area contributed by atoms with E-state index in [4.69, 9.17) is 16.0 Å². The number of halogens is 1. The molecule has 0 radical (unpaired) electrons. The number of carbonyl (C=O) groups excluding carboxylic acids is 1. The standard InChI is InChI=1S/C22H19ClN4O2/c1-15-4-6-16(7-5-15)22-26-25-21(29-22)11-10-20(28)24-18-9-8-17(23)14-19(18)27-12-2-3-13-27/h2-9,12-14H,10-11H2,1H3,(H,24,28). The van der Waals surface area contributed by atoms with Crippen molar-refractivity contribution in [3.8, 4) is 17.1 Å². The van der Waals surface area contributed by atoms with Crippen molar-refractivity contribution in [2.45, 2.75) is 19.8 Å². The number of anilines is 1. The van der Waals surface area contributed by atoms with Crippen LogP contribution in [0.5, 0.6) is 0 Å². The van der Waals surface area contributed by atoms with Crippen molar-refractivity contribution in [3.05, 3.63) is 83.5 Å². The number of carbonyl (C=O) groups is 1. The average Bonchev–Trinajstić information content (AvgIpc) is 3.40. The van der Waals surface area contributed by atoms with Crippen LogP contribution in [-0.2, 0) is 11.2 Å². The third kappa shape index (κ3) is 4.55. The fourth-order valence-electron chi connectivity index (χ4n) is 2.92. The zero-order valence-electron chi connectivity index (χ0n) is 15.8. The maximum absolute atomic E-state index is 12.5. The number of nitrogens with zero attached hydrogens (tertiary/aromatic N) is 3. The molecule has 2 aromatic heterocycles. The van der Waals surface area contributed by atoms with Gasteiger partial charge in [0.25, 0.3) is 0 Å². The van der Waals surface area contributed by atoms with Gasteiger partial charge in [-0.1, -0.05) is 29.3 Å². The van der Waals surface area contributed by atoms with E-state index in [2.05, 4.69) is 15.5 Å². The van der Waals surface area contributed by atoms with Gasteiger partial charge in [-0.3, -0.25) is 4.79 Å². The van der Waals surface area contributed by atoms with Crippen molar-refractivity contribution in [3.63, 3.8) is 0 Å². The molecule has 0 atom stereocenters. The summed E-state index contributed by atoms with van der Waals surface area (Å²) in [5.74, 6) is 0.737. The predicted molar refractivity (Wildman–Crippen MR) is 112 cm³/mol. The summed E-state index contributed by atoms with van der Waals surface area (Å²) in [6.07, 6.45) is 4.37. The maximum Gasteiger partial charge on any atom is 0.247 e. The molecule has 0 unspecified atom stereocenters. The minimum atomic E-state index is -0.143. The quantitative estimate of drug-likeness (QED) is 0.485. The fraction of sp³-hybridized carbons (Fsp3) is 0.136. The number of aryl methyl sites for hydroxylation is 2. The summed E-state index contributed by atoms with van der Waals surface area (Å²) in [5.41, 5.74) is 3.50. The Hall–Kier alpha value is -3.38. The molecule has 0 aliphatic heterocycles. The highest BCUT2D eigenvalue weighted by molar-refractivity contribution is 6.30. The van der Waals surface area contributed by atoms with E-state index in [1.54, 1.807) is 12.1 Å². The SMILES string of the molecule is Cc1ccc(-c2nnc(CCC(=O)Nc3ccc(Cl)cc3-n3cccc3)o2)cc1. The van der Waals surface area contributed by atoms with E-state index in [0.717, 1.165) is 16.8 Å². The third-order valence-corrected chi connectivity index (χ3v) is 4.68. The molecular formula is C22H19ClN4O2. The van der Waals surface area contributed by atoms with Gasteiger partial charge >= 0.3 is 0 Å². The molecule has 0 fully saturated rings. The topological polar surface area (TPSA) is 73.0 Å². The lowest BCUT2D eigenvalue weighted by molar-refractivity contribution is -0.116. The number of amides is 1. The van der Waals surface area contributed by atoms with Crippen LogP contribution >= 0.6 is 11.6 Å². The van der Waals surface area contributed by atoms with Gasteiger partial charge in [-0.15, -0.1) is 10.2 Å². The van der Waals surface area contributed by atoms with Gasteiger partial charge in [0, 0.05) is 35.8 Å². The molecule has 7 heteroatoms. The second-order valence-corrected chi connectivity index (χ2v) is 7.10. The minimum Gasteiger partial charge on any atom is -0.421 e. The smallest absolute Gasteiger partial charge is 0.247 e. The van der Waals surface area contributed by atoms with Crippen LogP contribution in [0.3, 0.4) is 0 Å². The number of hydrogen-bond donors (Lipinski definition) is 1. The van der Waals surface area contributed by atoms with Gasteiger partial charge in [0.05, 0.1) is 11.4 Å². The summed E-state index contributed by atoms with van der Waals surface area (Å²) in [4.78, 5) is 12.5. The Bertz CT molecular complexity index is 1120. The number of hydrogen-bond acceptors (Lipinski definition) is 4. The number of aromatic nitrogens is 3. The second kappa shape index (κ2) is 8.32. The molecule has 0 aliphatic rings. The van der Waals surface area contributed by atoms with Crippen LogP contribution in [0.15, 0.2) is 71.4 Å². The summed E-state index contributed by atoms with van der Waals surface area (Å²) in [7, 11) is 0. The lowest BCUT2D eigenvalue weighted by Gasteiger charge is -2.12. The van der Waals surface area contributed by atoms with E-state index in [0.29, 0.717) is 28.9 Å². The highest BCUT2D eigenvalue weighted by Gasteiger charge is 2.13. The van der Waals surface area contributed by atoms with Gasteiger partial charge in [0.15, 0.2) is 0 Å². The number of nitrogens with one attached hydrogen (secondary N) is 1. The molecule has 0 saturated heterocycles. The molecule has 0 saturated carbocycles. The van der Waals surface area contributed by atoms with Crippen LogP contribution in [0, 0.1) is 6.92 Å². The molecule has 29 heavy (non-hydrogen) atoms. The maximum atomic E-state index is 12.5. The summed E-state index contributed by atoms with van der Waals surface area (Å²) in [6, 6.07) is 17.0. The van der Waals surface area contributed by atoms with Crippen LogP contribution < -0.4 is 5.32 Å². The summed E-state index contributed by atoms with van der Waals surface area (Å²) in [5, 5.41) is 11.6. The third-order valence-electron chi connectivity index (χ3n) is 4.45. The van der Waals surface area contributed by atoms with Gasteiger partial charge in [0.2, 0.25) is 17.7 Å². The largest absolute Gasteiger partial charge is 0.421 e. The van der Waals surface area contributed by atoms with Crippen molar-refractivity contribution in [1.82, 2.24) is 14.8 Å². The van der Waals surface area contributed by atoms with E-state index < -0.39 is 0 Å². The molecule has 6 nitrogen and oxygen atoms in total. The van der Waals surface area contributed by atoms with Crippen molar-refractivity contribution < 1.29 is 9.21 Å². The number of rotatable bonds is 6. The van der Waals surface area contributed by atoms with Gasteiger partial charge in [-0.05, 0) is 49.4 Å². The van der Waals surface area contributed by atoms with Crippen LogP contribution in [0.1, 0.15) is 17.9 Å². The predicted octanol–water partition coefficient (Wildman–Crippen LogP) is 5.06. The fourth-order valence-corrected chi connectivity index (χ4v) is 3.09. The average molecular weight is 407 g/mol. The second-order valence-electron chi connectivity index (χ2n) is 6.67. The van der Waals surface area contributed by atoms with Crippen LogP contribution in [-0.4, -0.2) is 20.7 Å². The monoisotopic (exact) mass is 406 g/mol. The molecule has 0 bridgehead atoms. The van der Waals surface area contributed by atoms with E-state index in [-0.39, 0.29) is 12.3 Å². The molecule has 1 amide bonds. The Morgan fingerprint density at radius 1 is 1.10 bits per heavy atom. The summed E-state index contributed by atoms with van der Waals surface area (Å²) < 4.78 is 7.58. The van der Waals surface area contributed by atoms with Gasteiger partial charge in [-0.25, -0.2) is 0 Å². The van der Waals surface area contributed by atoms with E-state index in [9.17, 15) is 4.79 Å². The minimum absolute atomic E-state index is 0.143. The highest BCUT2D eigenvalue weighted by atomic mass is 35.5. The van der Waals surface area contributed by atoms with Crippen LogP contribution in [0.4, 0.5) is 5.69 Å². The first kappa shape index (κ1) is 19.0. The highest BCUT2D eigenvalue weighted by Crippen LogP contribution is 2.25. The zero-order chi connectivity index (χ0) is 20.2.